The van der Waals surface area contributed by atoms with E-state index in [1.165, 1.54) is 5.56 Å². The van der Waals surface area contributed by atoms with E-state index in [4.69, 9.17) is 5.73 Å². The average Bonchev–Trinajstić information content (AvgIpc) is 2.21. The highest BCUT2D eigenvalue weighted by molar-refractivity contribution is 5.13. The van der Waals surface area contributed by atoms with E-state index >= 15 is 0 Å². The van der Waals surface area contributed by atoms with Crippen LogP contribution in [0.15, 0.2) is 24.5 Å². The maximum atomic E-state index is 5.47. The van der Waals surface area contributed by atoms with E-state index in [0.717, 1.165) is 19.4 Å². The highest BCUT2D eigenvalue weighted by Crippen LogP contribution is 2.15. The monoisotopic (exact) mass is 179 g/mol. The van der Waals surface area contributed by atoms with E-state index in [1.54, 1.807) is 6.20 Å². The minimum Gasteiger partial charge on any atom is -0.330 e. The number of nitrogens with zero attached hydrogens (tertiary/aromatic N) is 1. The highest BCUT2D eigenvalue weighted by atomic mass is 14.9. The van der Waals surface area contributed by atoms with Gasteiger partial charge in [0, 0.05) is 18.4 Å². The largest absolute Gasteiger partial charge is 0.330 e. The summed E-state index contributed by atoms with van der Waals surface area (Å²) in [4.78, 5) is 4.09. The zero-order valence-corrected chi connectivity index (χ0v) is 8.03. The number of aromatic nitrogens is 1. The van der Waals surface area contributed by atoms with Gasteiger partial charge in [0.15, 0.2) is 0 Å². The molecular formula is C10H17N3. The molecule has 0 aromatic carbocycles. The Morgan fingerprint density at radius 2 is 2.46 bits per heavy atom. The van der Waals surface area contributed by atoms with Crippen molar-refractivity contribution in [3.63, 3.8) is 0 Å². The fraction of sp³-hybridized carbons (Fsp3) is 0.500. The Labute approximate surface area is 79.4 Å². The van der Waals surface area contributed by atoms with Crippen LogP contribution in [0.4, 0.5) is 0 Å². The molecule has 1 unspecified atom stereocenters. The van der Waals surface area contributed by atoms with Gasteiger partial charge in [-0.05, 0) is 38.1 Å². The van der Waals surface area contributed by atoms with Crippen LogP contribution in [0.5, 0.6) is 0 Å². The molecule has 0 saturated heterocycles. The van der Waals surface area contributed by atoms with E-state index in [9.17, 15) is 0 Å². The molecule has 0 spiro atoms. The standard InChI is InChI=1S/C10H17N3/c1-12-10(5-2-6-11)9-4-3-7-13-8-9/h3-4,7-8,10,12H,2,5-6,11H2,1H3. The molecule has 1 heterocycles. The van der Waals surface area contributed by atoms with E-state index in [1.807, 2.05) is 19.3 Å². The van der Waals surface area contributed by atoms with E-state index < -0.39 is 0 Å². The molecule has 1 aromatic rings. The van der Waals surface area contributed by atoms with Gasteiger partial charge in [0.05, 0.1) is 0 Å². The lowest BCUT2D eigenvalue weighted by Gasteiger charge is -2.15. The van der Waals surface area contributed by atoms with Crippen LogP contribution in [0.25, 0.3) is 0 Å². The van der Waals surface area contributed by atoms with Crippen molar-refractivity contribution >= 4 is 0 Å². The van der Waals surface area contributed by atoms with Crippen LogP contribution in [-0.2, 0) is 0 Å². The maximum Gasteiger partial charge on any atom is 0.0333 e. The maximum absolute atomic E-state index is 5.47. The van der Waals surface area contributed by atoms with Gasteiger partial charge < -0.3 is 11.1 Å². The number of hydrogen-bond acceptors (Lipinski definition) is 3. The lowest BCUT2D eigenvalue weighted by atomic mass is 10.0. The van der Waals surface area contributed by atoms with Crippen molar-refractivity contribution in [3.05, 3.63) is 30.1 Å². The first-order valence-corrected chi connectivity index (χ1v) is 4.65. The Kier molecular flexibility index (Phi) is 4.43. The molecule has 13 heavy (non-hydrogen) atoms. The van der Waals surface area contributed by atoms with Gasteiger partial charge in [-0.3, -0.25) is 4.98 Å². The van der Waals surface area contributed by atoms with Crippen LogP contribution in [0, 0.1) is 0 Å². The van der Waals surface area contributed by atoms with Crippen LogP contribution in [-0.4, -0.2) is 18.6 Å². The third kappa shape index (κ3) is 3.13. The summed E-state index contributed by atoms with van der Waals surface area (Å²) in [5, 5.41) is 3.26. The first kappa shape index (κ1) is 10.2. The van der Waals surface area contributed by atoms with Crippen LogP contribution < -0.4 is 11.1 Å². The van der Waals surface area contributed by atoms with Crippen molar-refractivity contribution in [2.45, 2.75) is 18.9 Å². The molecule has 72 valence electrons. The van der Waals surface area contributed by atoms with Gasteiger partial charge in [-0.25, -0.2) is 0 Å². The normalized spacial score (nSPS) is 12.8. The van der Waals surface area contributed by atoms with Gasteiger partial charge >= 0.3 is 0 Å². The number of nitrogens with one attached hydrogen (secondary N) is 1. The zero-order chi connectivity index (χ0) is 9.52. The number of rotatable bonds is 5. The van der Waals surface area contributed by atoms with E-state index in [2.05, 4.69) is 16.4 Å². The van der Waals surface area contributed by atoms with Crippen LogP contribution in [0.3, 0.4) is 0 Å². The van der Waals surface area contributed by atoms with E-state index in [0.29, 0.717) is 6.04 Å². The third-order valence-electron chi connectivity index (χ3n) is 2.13. The minimum atomic E-state index is 0.386. The van der Waals surface area contributed by atoms with Gasteiger partial charge in [-0.15, -0.1) is 0 Å². The Bertz CT molecular complexity index is 223. The second-order valence-corrected chi connectivity index (χ2v) is 3.06. The minimum absolute atomic E-state index is 0.386. The second-order valence-electron chi connectivity index (χ2n) is 3.06. The van der Waals surface area contributed by atoms with Crippen molar-refractivity contribution in [2.75, 3.05) is 13.6 Å². The highest BCUT2D eigenvalue weighted by Gasteiger charge is 2.07. The molecule has 0 aliphatic rings. The van der Waals surface area contributed by atoms with Gasteiger partial charge in [0.25, 0.3) is 0 Å². The summed E-state index contributed by atoms with van der Waals surface area (Å²) in [5.41, 5.74) is 6.70. The first-order chi connectivity index (χ1) is 6.38. The summed E-state index contributed by atoms with van der Waals surface area (Å²) < 4.78 is 0. The predicted octanol–water partition coefficient (Wildman–Crippen LogP) is 1.08. The summed E-state index contributed by atoms with van der Waals surface area (Å²) in [7, 11) is 1.97. The Hall–Kier alpha value is -0.930. The molecule has 3 heteroatoms. The van der Waals surface area contributed by atoms with Gasteiger partial charge in [0.1, 0.15) is 0 Å². The van der Waals surface area contributed by atoms with Crippen molar-refractivity contribution in [1.29, 1.82) is 0 Å². The fourth-order valence-corrected chi connectivity index (χ4v) is 1.38. The summed E-state index contributed by atoms with van der Waals surface area (Å²) in [6, 6.07) is 4.43. The molecule has 0 aliphatic carbocycles. The molecule has 0 fully saturated rings. The van der Waals surface area contributed by atoms with Gasteiger partial charge in [-0.2, -0.15) is 0 Å². The molecule has 0 amide bonds. The van der Waals surface area contributed by atoms with E-state index in [-0.39, 0.29) is 0 Å². The number of hydrogen-bond donors (Lipinski definition) is 2. The molecule has 3 N–H and O–H groups in total. The molecule has 0 bridgehead atoms. The quantitative estimate of drug-likeness (QED) is 0.711. The Morgan fingerprint density at radius 3 is 3.00 bits per heavy atom. The van der Waals surface area contributed by atoms with Crippen molar-refractivity contribution in [3.8, 4) is 0 Å². The van der Waals surface area contributed by atoms with Crippen LogP contribution in [0.1, 0.15) is 24.4 Å². The number of pyridine rings is 1. The van der Waals surface area contributed by atoms with Crippen LogP contribution in [0.2, 0.25) is 0 Å². The fourth-order valence-electron chi connectivity index (χ4n) is 1.38. The zero-order valence-electron chi connectivity index (χ0n) is 8.03. The molecule has 0 radical (unpaired) electrons. The molecule has 1 rings (SSSR count). The summed E-state index contributed by atoms with van der Waals surface area (Å²) >= 11 is 0. The predicted molar refractivity (Wildman–Crippen MR) is 54.3 cm³/mol. The van der Waals surface area contributed by atoms with Crippen LogP contribution >= 0.6 is 0 Å². The summed E-state index contributed by atoms with van der Waals surface area (Å²) in [6.45, 7) is 0.748. The summed E-state index contributed by atoms with van der Waals surface area (Å²) in [6.07, 6.45) is 5.80. The lowest BCUT2D eigenvalue weighted by molar-refractivity contribution is 0.530. The molecule has 0 saturated carbocycles. The smallest absolute Gasteiger partial charge is 0.0333 e. The second kappa shape index (κ2) is 5.67. The van der Waals surface area contributed by atoms with Crippen molar-refractivity contribution < 1.29 is 0 Å². The van der Waals surface area contributed by atoms with Crippen molar-refractivity contribution in [1.82, 2.24) is 10.3 Å². The average molecular weight is 179 g/mol. The third-order valence-corrected chi connectivity index (χ3v) is 2.13. The van der Waals surface area contributed by atoms with Gasteiger partial charge in [-0.1, -0.05) is 6.07 Å². The first-order valence-electron chi connectivity index (χ1n) is 4.65. The molecule has 3 nitrogen and oxygen atoms in total. The topological polar surface area (TPSA) is 50.9 Å². The lowest BCUT2D eigenvalue weighted by Crippen LogP contribution is -2.17. The van der Waals surface area contributed by atoms with Crippen molar-refractivity contribution in [2.24, 2.45) is 5.73 Å². The molecular weight excluding hydrogens is 162 g/mol. The molecule has 1 atom stereocenters. The van der Waals surface area contributed by atoms with Gasteiger partial charge in [0.2, 0.25) is 0 Å². The molecule has 0 aliphatic heterocycles. The molecule has 1 aromatic heterocycles. The summed E-state index contributed by atoms with van der Waals surface area (Å²) in [5.74, 6) is 0. The number of nitrogens with two attached hydrogens (primary N) is 1. The Balaban J connectivity index is 2.56. The Morgan fingerprint density at radius 1 is 1.62 bits per heavy atom. The SMILES string of the molecule is CNC(CCCN)c1cccnc1.